The highest BCUT2D eigenvalue weighted by Gasteiger charge is 2.38. The molecule has 24 heavy (non-hydrogen) atoms. The lowest BCUT2D eigenvalue weighted by molar-refractivity contribution is -0.159. The average molecular weight is 341 g/mol. The van der Waals surface area contributed by atoms with E-state index < -0.39 is 12.1 Å². The van der Waals surface area contributed by atoms with Gasteiger partial charge in [-0.2, -0.15) is 18.2 Å². The van der Waals surface area contributed by atoms with Crippen LogP contribution in [-0.2, 0) is 17.4 Å². The van der Waals surface area contributed by atoms with Gasteiger partial charge >= 0.3 is 12.1 Å². The standard InChI is InChI=1S/C16H18F3N3O2/c1-10(2)22(11(3)23)9-8-12-4-6-13(7-5-12)14-20-15(24-21-14)16(17,18)19/h4-7,10H,8-9H2,1-3H3. The zero-order valence-electron chi connectivity index (χ0n) is 13.6. The first-order chi connectivity index (χ1) is 11.2. The highest BCUT2D eigenvalue weighted by atomic mass is 19.4. The molecule has 0 aliphatic carbocycles. The van der Waals surface area contributed by atoms with Gasteiger partial charge in [0, 0.05) is 25.1 Å². The summed E-state index contributed by atoms with van der Waals surface area (Å²) in [4.78, 5) is 16.6. The van der Waals surface area contributed by atoms with Gasteiger partial charge in [0.25, 0.3) is 0 Å². The Labute approximate surface area is 137 Å². The van der Waals surface area contributed by atoms with Crippen molar-refractivity contribution in [3.05, 3.63) is 35.7 Å². The Morgan fingerprint density at radius 2 is 1.88 bits per heavy atom. The van der Waals surface area contributed by atoms with E-state index in [-0.39, 0.29) is 17.8 Å². The summed E-state index contributed by atoms with van der Waals surface area (Å²) in [6, 6.07) is 6.93. The number of alkyl halides is 3. The van der Waals surface area contributed by atoms with Crippen LogP contribution in [-0.4, -0.2) is 33.5 Å². The fourth-order valence-corrected chi connectivity index (χ4v) is 2.31. The number of hydrogen-bond acceptors (Lipinski definition) is 4. The van der Waals surface area contributed by atoms with Gasteiger partial charge in [-0.3, -0.25) is 4.79 Å². The molecule has 5 nitrogen and oxygen atoms in total. The zero-order valence-corrected chi connectivity index (χ0v) is 13.6. The summed E-state index contributed by atoms with van der Waals surface area (Å²) in [6.45, 7) is 5.99. The Hall–Kier alpha value is -2.38. The van der Waals surface area contributed by atoms with Crippen molar-refractivity contribution in [1.29, 1.82) is 0 Å². The maximum Gasteiger partial charge on any atom is 0.471 e. The summed E-state index contributed by atoms with van der Waals surface area (Å²) in [5.41, 5.74) is 1.40. The molecule has 1 amide bonds. The van der Waals surface area contributed by atoms with E-state index in [1.807, 2.05) is 13.8 Å². The minimum absolute atomic E-state index is 0.00750. The van der Waals surface area contributed by atoms with Crippen molar-refractivity contribution in [2.24, 2.45) is 0 Å². The maximum absolute atomic E-state index is 12.5. The Morgan fingerprint density at radius 1 is 1.25 bits per heavy atom. The van der Waals surface area contributed by atoms with Gasteiger partial charge in [0.15, 0.2) is 0 Å². The SMILES string of the molecule is CC(=O)N(CCc1ccc(-c2noc(C(F)(F)F)n2)cc1)C(C)C. The first-order valence-electron chi connectivity index (χ1n) is 7.46. The highest BCUT2D eigenvalue weighted by Crippen LogP contribution is 2.29. The fraction of sp³-hybridized carbons (Fsp3) is 0.438. The molecular formula is C16H18F3N3O2. The van der Waals surface area contributed by atoms with Crippen LogP contribution in [0.3, 0.4) is 0 Å². The summed E-state index contributed by atoms with van der Waals surface area (Å²) >= 11 is 0. The molecule has 0 radical (unpaired) electrons. The van der Waals surface area contributed by atoms with Crippen LogP contribution in [0.2, 0.25) is 0 Å². The van der Waals surface area contributed by atoms with Gasteiger partial charge in [0.2, 0.25) is 11.7 Å². The van der Waals surface area contributed by atoms with Crippen molar-refractivity contribution in [3.8, 4) is 11.4 Å². The second-order valence-corrected chi connectivity index (χ2v) is 5.67. The molecule has 8 heteroatoms. The molecule has 0 aliphatic rings. The van der Waals surface area contributed by atoms with Crippen molar-refractivity contribution in [2.45, 2.75) is 39.4 Å². The van der Waals surface area contributed by atoms with Crippen molar-refractivity contribution >= 4 is 5.91 Å². The molecule has 2 rings (SSSR count). The average Bonchev–Trinajstić information content (AvgIpc) is 2.97. The zero-order chi connectivity index (χ0) is 17.9. The minimum Gasteiger partial charge on any atom is -0.340 e. The van der Waals surface area contributed by atoms with E-state index in [1.54, 1.807) is 29.2 Å². The molecular weight excluding hydrogens is 323 g/mol. The summed E-state index contributed by atoms with van der Waals surface area (Å²) in [5, 5.41) is 3.34. The van der Waals surface area contributed by atoms with Crippen LogP contribution in [0.5, 0.6) is 0 Å². The molecule has 0 saturated carbocycles. The lowest BCUT2D eigenvalue weighted by Gasteiger charge is -2.25. The van der Waals surface area contributed by atoms with Gasteiger partial charge in [-0.25, -0.2) is 0 Å². The second-order valence-electron chi connectivity index (χ2n) is 5.67. The van der Waals surface area contributed by atoms with Gasteiger partial charge < -0.3 is 9.42 Å². The number of benzene rings is 1. The first kappa shape index (κ1) is 18.0. The molecule has 2 aromatic rings. The van der Waals surface area contributed by atoms with Crippen LogP contribution in [0.25, 0.3) is 11.4 Å². The second kappa shape index (κ2) is 7.02. The normalized spacial score (nSPS) is 11.8. The number of aromatic nitrogens is 2. The summed E-state index contributed by atoms with van der Waals surface area (Å²) in [6.07, 6.45) is -4.00. The van der Waals surface area contributed by atoms with Gasteiger partial charge in [-0.15, -0.1) is 0 Å². The summed E-state index contributed by atoms with van der Waals surface area (Å²) in [7, 11) is 0. The van der Waals surface area contributed by atoms with Crippen molar-refractivity contribution in [3.63, 3.8) is 0 Å². The van der Waals surface area contributed by atoms with E-state index in [2.05, 4.69) is 14.7 Å². The molecule has 0 spiro atoms. The molecule has 0 saturated heterocycles. The predicted molar refractivity (Wildman–Crippen MR) is 81.0 cm³/mol. The van der Waals surface area contributed by atoms with E-state index >= 15 is 0 Å². The number of carbonyl (C=O) groups excluding carboxylic acids is 1. The third-order valence-corrected chi connectivity index (χ3v) is 3.55. The van der Waals surface area contributed by atoms with Crippen LogP contribution in [0.15, 0.2) is 28.8 Å². The van der Waals surface area contributed by atoms with E-state index in [0.29, 0.717) is 18.5 Å². The van der Waals surface area contributed by atoms with Crippen molar-refractivity contribution in [1.82, 2.24) is 15.0 Å². The predicted octanol–water partition coefficient (Wildman–Crippen LogP) is 3.55. The van der Waals surface area contributed by atoms with Gasteiger partial charge in [0.05, 0.1) is 0 Å². The van der Waals surface area contributed by atoms with Crippen LogP contribution in [0.4, 0.5) is 13.2 Å². The molecule has 1 heterocycles. The van der Waals surface area contributed by atoms with Crippen LogP contribution >= 0.6 is 0 Å². The number of carbonyl (C=O) groups is 1. The molecule has 130 valence electrons. The van der Waals surface area contributed by atoms with Gasteiger partial charge in [0.1, 0.15) is 0 Å². The fourth-order valence-electron chi connectivity index (χ4n) is 2.31. The number of amides is 1. The monoisotopic (exact) mass is 341 g/mol. The maximum atomic E-state index is 12.5. The molecule has 0 unspecified atom stereocenters. The Morgan fingerprint density at radius 3 is 2.33 bits per heavy atom. The quantitative estimate of drug-likeness (QED) is 0.834. The van der Waals surface area contributed by atoms with E-state index in [4.69, 9.17) is 0 Å². The largest absolute Gasteiger partial charge is 0.471 e. The summed E-state index contributed by atoms with van der Waals surface area (Å²) < 4.78 is 41.6. The smallest absolute Gasteiger partial charge is 0.340 e. The molecule has 0 atom stereocenters. The van der Waals surface area contributed by atoms with E-state index in [9.17, 15) is 18.0 Å². The topological polar surface area (TPSA) is 59.2 Å². The van der Waals surface area contributed by atoms with E-state index in [1.165, 1.54) is 6.92 Å². The van der Waals surface area contributed by atoms with Gasteiger partial charge in [-0.05, 0) is 25.8 Å². The molecule has 0 aliphatic heterocycles. The number of nitrogens with zero attached hydrogens (tertiary/aromatic N) is 3. The van der Waals surface area contributed by atoms with Crippen LogP contribution in [0, 0.1) is 0 Å². The molecule has 1 aromatic heterocycles. The van der Waals surface area contributed by atoms with Gasteiger partial charge in [-0.1, -0.05) is 29.4 Å². The first-order valence-corrected chi connectivity index (χ1v) is 7.46. The molecule has 0 N–H and O–H groups in total. The van der Waals surface area contributed by atoms with Crippen LogP contribution < -0.4 is 0 Å². The van der Waals surface area contributed by atoms with E-state index in [0.717, 1.165) is 5.56 Å². The minimum atomic E-state index is -4.65. The third-order valence-electron chi connectivity index (χ3n) is 3.55. The Kier molecular flexibility index (Phi) is 5.26. The highest BCUT2D eigenvalue weighted by molar-refractivity contribution is 5.73. The van der Waals surface area contributed by atoms with Crippen molar-refractivity contribution < 1.29 is 22.5 Å². The molecule has 1 aromatic carbocycles. The third kappa shape index (κ3) is 4.33. The van der Waals surface area contributed by atoms with Crippen LogP contribution in [0.1, 0.15) is 32.2 Å². The Bertz CT molecular complexity index is 693. The number of halogens is 3. The number of rotatable bonds is 5. The lowest BCUT2D eigenvalue weighted by atomic mass is 10.1. The molecule has 0 fully saturated rings. The lowest BCUT2D eigenvalue weighted by Crippen LogP contribution is -2.36. The van der Waals surface area contributed by atoms with Crippen molar-refractivity contribution in [2.75, 3.05) is 6.54 Å². The molecule has 0 bridgehead atoms. The Balaban J connectivity index is 2.05. The number of hydrogen-bond donors (Lipinski definition) is 0. The summed E-state index contributed by atoms with van der Waals surface area (Å²) in [5.74, 6) is -1.47.